The zero-order chi connectivity index (χ0) is 17.4. The van der Waals surface area contributed by atoms with E-state index < -0.39 is 5.91 Å². The molecule has 0 aliphatic rings. The van der Waals surface area contributed by atoms with E-state index in [1.807, 2.05) is 30.3 Å². The van der Waals surface area contributed by atoms with Gasteiger partial charge in [-0.3, -0.25) is 4.79 Å². The molecule has 0 aliphatic carbocycles. The van der Waals surface area contributed by atoms with Gasteiger partial charge in [-0.2, -0.15) is 5.26 Å². The molecule has 0 aromatic heterocycles. The summed E-state index contributed by atoms with van der Waals surface area (Å²) in [7, 11) is 1.60. The summed E-state index contributed by atoms with van der Waals surface area (Å²) in [6, 6.07) is 16.2. The number of anilines is 1. The van der Waals surface area contributed by atoms with Crippen molar-refractivity contribution in [2.75, 3.05) is 12.4 Å². The molecule has 0 spiro atoms. The number of carbonyl (C=O) groups is 1. The molecule has 0 atom stereocenters. The van der Waals surface area contributed by atoms with Crippen LogP contribution in [0, 0.1) is 11.3 Å². The first-order valence-corrected chi connectivity index (χ1v) is 7.54. The molecule has 0 fully saturated rings. The van der Waals surface area contributed by atoms with Crippen LogP contribution in [0.5, 0.6) is 5.75 Å². The average molecular weight is 342 g/mol. The summed E-state index contributed by atoms with van der Waals surface area (Å²) in [5, 5.41) is 15.1. The fraction of sp³-hybridized carbons (Fsp3) is 0.111. The molecule has 2 rings (SSSR count). The van der Waals surface area contributed by atoms with Crippen molar-refractivity contribution in [3.8, 4) is 11.8 Å². The van der Waals surface area contributed by atoms with Crippen LogP contribution >= 0.6 is 11.6 Å². The maximum atomic E-state index is 12.1. The molecule has 0 heterocycles. The van der Waals surface area contributed by atoms with E-state index in [9.17, 15) is 4.79 Å². The SMILES string of the molecule is COc1cccc(CN/C=C(/C#N)C(=O)Nc2ccccc2Cl)c1. The third-order valence-electron chi connectivity index (χ3n) is 3.17. The maximum absolute atomic E-state index is 12.1. The van der Waals surface area contributed by atoms with E-state index in [2.05, 4.69) is 10.6 Å². The van der Waals surface area contributed by atoms with Gasteiger partial charge in [0.05, 0.1) is 17.8 Å². The Bertz CT molecular complexity index is 797. The normalized spacial score (nSPS) is 10.6. The Kier molecular flexibility index (Phi) is 6.23. The summed E-state index contributed by atoms with van der Waals surface area (Å²) in [4.78, 5) is 12.1. The Morgan fingerprint density at radius 2 is 2.08 bits per heavy atom. The lowest BCUT2D eigenvalue weighted by molar-refractivity contribution is -0.112. The van der Waals surface area contributed by atoms with Crippen LogP contribution in [-0.4, -0.2) is 13.0 Å². The Balaban J connectivity index is 1.99. The zero-order valence-electron chi connectivity index (χ0n) is 13.0. The summed E-state index contributed by atoms with van der Waals surface area (Å²) in [6.07, 6.45) is 1.38. The number of hydrogen-bond donors (Lipinski definition) is 2. The smallest absolute Gasteiger partial charge is 0.267 e. The van der Waals surface area contributed by atoms with Crippen molar-refractivity contribution in [1.82, 2.24) is 5.32 Å². The van der Waals surface area contributed by atoms with Crippen LogP contribution in [-0.2, 0) is 11.3 Å². The molecule has 5 nitrogen and oxygen atoms in total. The van der Waals surface area contributed by atoms with Gasteiger partial charge in [-0.15, -0.1) is 0 Å². The Hall–Kier alpha value is -2.97. The number of nitriles is 1. The minimum absolute atomic E-state index is 0.0437. The lowest BCUT2D eigenvalue weighted by Gasteiger charge is -2.07. The van der Waals surface area contributed by atoms with Crippen LogP contribution in [0.15, 0.2) is 60.3 Å². The Labute approximate surface area is 145 Å². The highest BCUT2D eigenvalue weighted by Crippen LogP contribution is 2.20. The maximum Gasteiger partial charge on any atom is 0.267 e. The van der Waals surface area contributed by atoms with Gasteiger partial charge in [0.25, 0.3) is 5.91 Å². The molecular weight excluding hydrogens is 326 g/mol. The van der Waals surface area contributed by atoms with Crippen LogP contribution in [0.1, 0.15) is 5.56 Å². The van der Waals surface area contributed by atoms with Crippen molar-refractivity contribution in [1.29, 1.82) is 5.26 Å². The number of nitrogens with zero attached hydrogens (tertiary/aromatic N) is 1. The third kappa shape index (κ3) is 4.77. The van der Waals surface area contributed by atoms with Crippen molar-refractivity contribution in [2.24, 2.45) is 0 Å². The molecule has 0 bridgehead atoms. The van der Waals surface area contributed by atoms with E-state index >= 15 is 0 Å². The third-order valence-corrected chi connectivity index (χ3v) is 3.50. The van der Waals surface area contributed by atoms with E-state index in [4.69, 9.17) is 21.6 Å². The fourth-order valence-corrected chi connectivity index (χ4v) is 2.14. The number of carbonyl (C=O) groups excluding carboxylic acids is 1. The van der Waals surface area contributed by atoms with Crippen LogP contribution in [0.4, 0.5) is 5.69 Å². The monoisotopic (exact) mass is 341 g/mol. The Morgan fingerprint density at radius 1 is 1.29 bits per heavy atom. The highest BCUT2D eigenvalue weighted by molar-refractivity contribution is 6.33. The molecule has 0 unspecified atom stereocenters. The second-order valence-corrected chi connectivity index (χ2v) is 5.24. The molecule has 2 aromatic carbocycles. The van der Waals surface area contributed by atoms with Gasteiger partial charge >= 0.3 is 0 Å². The number of ether oxygens (including phenoxy) is 1. The number of benzene rings is 2. The van der Waals surface area contributed by atoms with Crippen molar-refractivity contribution in [3.63, 3.8) is 0 Å². The summed E-state index contributed by atoms with van der Waals surface area (Å²) >= 11 is 5.98. The number of methoxy groups -OCH3 is 1. The summed E-state index contributed by atoms with van der Waals surface area (Å²) in [5.74, 6) is 0.221. The van der Waals surface area contributed by atoms with Crippen LogP contribution in [0.25, 0.3) is 0 Å². The molecule has 6 heteroatoms. The molecular formula is C18H16ClN3O2. The summed E-state index contributed by atoms with van der Waals surface area (Å²) < 4.78 is 5.15. The molecule has 0 saturated carbocycles. The van der Waals surface area contributed by atoms with E-state index in [1.165, 1.54) is 6.20 Å². The molecule has 2 N–H and O–H groups in total. The number of rotatable bonds is 6. The van der Waals surface area contributed by atoms with Gasteiger partial charge in [-0.25, -0.2) is 0 Å². The predicted molar refractivity (Wildman–Crippen MR) is 93.6 cm³/mol. The van der Waals surface area contributed by atoms with Gasteiger partial charge in [0.15, 0.2) is 0 Å². The topological polar surface area (TPSA) is 74.1 Å². The standard InChI is InChI=1S/C18H16ClN3O2/c1-24-15-6-4-5-13(9-15)11-21-12-14(10-20)18(23)22-17-8-3-2-7-16(17)19/h2-9,12,21H,11H2,1H3,(H,22,23)/b14-12-. The summed E-state index contributed by atoms with van der Waals surface area (Å²) in [5.41, 5.74) is 1.38. The van der Waals surface area contributed by atoms with Crippen molar-refractivity contribution >= 4 is 23.2 Å². The molecule has 2 aromatic rings. The first-order valence-electron chi connectivity index (χ1n) is 7.16. The van der Waals surface area contributed by atoms with Gasteiger partial charge < -0.3 is 15.4 Å². The second-order valence-electron chi connectivity index (χ2n) is 4.84. The molecule has 24 heavy (non-hydrogen) atoms. The minimum Gasteiger partial charge on any atom is -0.497 e. The van der Waals surface area contributed by atoms with Crippen LogP contribution in [0.2, 0.25) is 5.02 Å². The van der Waals surface area contributed by atoms with E-state index in [0.29, 0.717) is 17.3 Å². The van der Waals surface area contributed by atoms with Crippen LogP contribution in [0.3, 0.4) is 0 Å². The van der Waals surface area contributed by atoms with Crippen molar-refractivity contribution in [2.45, 2.75) is 6.54 Å². The fourth-order valence-electron chi connectivity index (χ4n) is 1.95. The number of hydrogen-bond acceptors (Lipinski definition) is 4. The van der Waals surface area contributed by atoms with Gasteiger partial charge in [0.1, 0.15) is 17.4 Å². The molecule has 0 radical (unpaired) electrons. The van der Waals surface area contributed by atoms with Crippen molar-refractivity contribution in [3.05, 3.63) is 70.9 Å². The highest BCUT2D eigenvalue weighted by atomic mass is 35.5. The zero-order valence-corrected chi connectivity index (χ0v) is 13.8. The molecule has 0 saturated heterocycles. The Morgan fingerprint density at radius 3 is 2.79 bits per heavy atom. The number of nitrogens with one attached hydrogen (secondary N) is 2. The van der Waals surface area contributed by atoms with E-state index in [1.54, 1.807) is 31.4 Å². The lowest BCUT2D eigenvalue weighted by atomic mass is 10.2. The average Bonchev–Trinajstić information content (AvgIpc) is 2.61. The lowest BCUT2D eigenvalue weighted by Crippen LogP contribution is -2.16. The number of para-hydroxylation sites is 1. The van der Waals surface area contributed by atoms with Crippen molar-refractivity contribution < 1.29 is 9.53 Å². The first-order chi connectivity index (χ1) is 11.6. The predicted octanol–water partition coefficient (Wildman–Crippen LogP) is 3.48. The number of halogens is 1. The second kappa shape index (κ2) is 8.61. The number of amides is 1. The molecule has 1 amide bonds. The molecule has 0 aliphatic heterocycles. The van der Waals surface area contributed by atoms with Gasteiger partial charge in [0.2, 0.25) is 0 Å². The minimum atomic E-state index is -0.524. The summed E-state index contributed by atoms with van der Waals surface area (Å²) in [6.45, 7) is 0.460. The largest absolute Gasteiger partial charge is 0.497 e. The van der Waals surface area contributed by atoms with E-state index in [-0.39, 0.29) is 5.57 Å². The van der Waals surface area contributed by atoms with E-state index in [0.717, 1.165) is 11.3 Å². The molecule has 122 valence electrons. The highest BCUT2D eigenvalue weighted by Gasteiger charge is 2.10. The van der Waals surface area contributed by atoms with Gasteiger partial charge in [-0.1, -0.05) is 35.9 Å². The van der Waals surface area contributed by atoms with Crippen LogP contribution < -0.4 is 15.4 Å². The van der Waals surface area contributed by atoms with Gasteiger partial charge in [0, 0.05) is 12.7 Å². The quantitative estimate of drug-likeness (QED) is 0.623. The van der Waals surface area contributed by atoms with Gasteiger partial charge in [-0.05, 0) is 29.8 Å². The first kappa shape index (κ1) is 17.4.